The van der Waals surface area contributed by atoms with Crippen molar-refractivity contribution in [3.05, 3.63) is 29.8 Å². The Bertz CT molecular complexity index is 480. The van der Waals surface area contributed by atoms with Crippen molar-refractivity contribution in [2.24, 2.45) is 5.73 Å². The third-order valence-electron chi connectivity index (χ3n) is 3.98. The highest BCUT2D eigenvalue weighted by Crippen LogP contribution is 2.29. The summed E-state index contributed by atoms with van der Waals surface area (Å²) in [6.45, 7) is 1.86. The molecule has 3 rings (SSSR count). The molecule has 19 heavy (non-hydrogen) atoms. The van der Waals surface area contributed by atoms with Gasteiger partial charge in [0.2, 0.25) is 0 Å². The molecule has 1 saturated heterocycles. The van der Waals surface area contributed by atoms with Gasteiger partial charge in [0.15, 0.2) is 0 Å². The third-order valence-corrected chi connectivity index (χ3v) is 3.98. The van der Waals surface area contributed by atoms with Crippen LogP contribution in [-0.2, 0) is 11.2 Å². The lowest BCUT2D eigenvalue weighted by Gasteiger charge is -2.22. The van der Waals surface area contributed by atoms with Gasteiger partial charge in [0.05, 0.1) is 0 Å². The minimum Gasteiger partial charge on any atom is -0.488 e. The second-order valence-corrected chi connectivity index (χ2v) is 5.50. The topological polar surface area (TPSA) is 75.8 Å². The average Bonchev–Trinajstić information content (AvgIpc) is 2.93. The van der Waals surface area contributed by atoms with E-state index in [2.05, 4.69) is 11.0 Å². The lowest BCUT2D eigenvalue weighted by molar-refractivity contribution is -0.142. The number of hydrogen-bond acceptors (Lipinski definition) is 4. The van der Waals surface area contributed by atoms with Crippen LogP contribution in [0.1, 0.15) is 12.0 Å². The first-order chi connectivity index (χ1) is 9.07. The van der Waals surface area contributed by atoms with Crippen LogP contribution < -0.4 is 10.5 Å². The van der Waals surface area contributed by atoms with E-state index < -0.39 is 11.5 Å². The summed E-state index contributed by atoms with van der Waals surface area (Å²) < 4.78 is 5.87. The largest absolute Gasteiger partial charge is 0.488 e. The van der Waals surface area contributed by atoms with Crippen LogP contribution in [0.3, 0.4) is 0 Å². The van der Waals surface area contributed by atoms with E-state index in [1.165, 1.54) is 5.56 Å². The first-order valence-corrected chi connectivity index (χ1v) is 6.56. The number of carboxylic acids is 1. The van der Waals surface area contributed by atoms with Gasteiger partial charge in [-0.25, -0.2) is 0 Å². The van der Waals surface area contributed by atoms with Crippen molar-refractivity contribution < 1.29 is 14.6 Å². The number of ether oxygens (including phenoxy) is 1. The lowest BCUT2D eigenvalue weighted by Crippen LogP contribution is -2.50. The van der Waals surface area contributed by atoms with Crippen molar-refractivity contribution in [3.8, 4) is 5.75 Å². The number of nitrogens with two attached hydrogens (primary N) is 1. The molecule has 2 aliphatic heterocycles. The number of carboxylic acid groups (broad SMARTS) is 1. The van der Waals surface area contributed by atoms with Crippen LogP contribution in [0, 0.1) is 0 Å². The summed E-state index contributed by atoms with van der Waals surface area (Å²) in [4.78, 5) is 13.2. The van der Waals surface area contributed by atoms with Gasteiger partial charge in [0.1, 0.15) is 17.4 Å². The van der Waals surface area contributed by atoms with Gasteiger partial charge in [0, 0.05) is 26.1 Å². The van der Waals surface area contributed by atoms with Crippen molar-refractivity contribution in [2.75, 3.05) is 19.6 Å². The maximum absolute atomic E-state index is 11.1. The fourth-order valence-electron chi connectivity index (χ4n) is 2.89. The van der Waals surface area contributed by atoms with Crippen molar-refractivity contribution in [1.29, 1.82) is 0 Å². The van der Waals surface area contributed by atoms with Crippen molar-refractivity contribution in [2.45, 2.75) is 24.5 Å². The molecule has 5 nitrogen and oxygen atoms in total. The number of carbonyl (C=O) groups is 1. The summed E-state index contributed by atoms with van der Waals surface area (Å²) in [6, 6.07) is 8.02. The Hall–Kier alpha value is -1.59. The second-order valence-electron chi connectivity index (χ2n) is 5.50. The molecule has 102 valence electrons. The number of hydrogen-bond donors (Lipinski definition) is 2. The maximum Gasteiger partial charge on any atom is 0.325 e. The van der Waals surface area contributed by atoms with E-state index in [1.807, 2.05) is 18.2 Å². The first kappa shape index (κ1) is 12.4. The van der Waals surface area contributed by atoms with E-state index in [0.29, 0.717) is 13.0 Å². The van der Waals surface area contributed by atoms with Gasteiger partial charge in [0.25, 0.3) is 0 Å². The minimum atomic E-state index is -1.09. The fourth-order valence-corrected chi connectivity index (χ4v) is 2.89. The number of nitrogens with zero attached hydrogens (tertiary/aromatic N) is 1. The lowest BCUT2D eigenvalue weighted by atomic mass is 10.0. The number of rotatable bonds is 3. The van der Waals surface area contributed by atoms with E-state index in [0.717, 1.165) is 25.3 Å². The summed E-state index contributed by atoms with van der Waals surface area (Å²) in [5.41, 5.74) is 6.00. The number of likely N-dealkylation sites (tertiary alicyclic amines) is 1. The molecule has 2 aliphatic rings. The van der Waals surface area contributed by atoms with Crippen molar-refractivity contribution in [3.63, 3.8) is 0 Å². The van der Waals surface area contributed by atoms with Crippen LogP contribution in [0.4, 0.5) is 0 Å². The van der Waals surface area contributed by atoms with Crippen LogP contribution in [0.15, 0.2) is 24.3 Å². The van der Waals surface area contributed by atoms with Gasteiger partial charge in [-0.3, -0.25) is 9.69 Å². The molecule has 3 N–H and O–H groups in total. The molecule has 0 aliphatic carbocycles. The van der Waals surface area contributed by atoms with E-state index in [1.54, 1.807) is 0 Å². The summed E-state index contributed by atoms with van der Waals surface area (Å²) in [5, 5.41) is 9.11. The standard InChI is InChI=1S/C14H18N2O3/c15-14(13(17)18)5-6-16(9-14)8-11-7-10-3-1-2-4-12(10)19-11/h1-4,11H,5-9,15H2,(H,17,18). The summed E-state index contributed by atoms with van der Waals surface area (Å²) in [7, 11) is 0. The molecule has 0 bridgehead atoms. The summed E-state index contributed by atoms with van der Waals surface area (Å²) in [6.07, 6.45) is 1.49. The molecule has 5 heteroatoms. The molecule has 1 aromatic rings. The van der Waals surface area contributed by atoms with Crippen LogP contribution in [-0.4, -0.2) is 47.3 Å². The molecule has 1 fully saturated rings. The van der Waals surface area contributed by atoms with E-state index >= 15 is 0 Å². The molecule has 0 spiro atoms. The van der Waals surface area contributed by atoms with E-state index in [4.69, 9.17) is 15.6 Å². The number of benzene rings is 1. The van der Waals surface area contributed by atoms with Crippen LogP contribution in [0.2, 0.25) is 0 Å². The van der Waals surface area contributed by atoms with Crippen LogP contribution in [0.25, 0.3) is 0 Å². The quantitative estimate of drug-likeness (QED) is 0.828. The molecule has 0 aromatic heterocycles. The molecular weight excluding hydrogens is 244 g/mol. The summed E-state index contributed by atoms with van der Waals surface area (Å²) >= 11 is 0. The average molecular weight is 262 g/mol. The van der Waals surface area contributed by atoms with Gasteiger partial charge >= 0.3 is 5.97 Å². The minimum absolute atomic E-state index is 0.105. The number of fused-ring (bicyclic) bond motifs is 1. The van der Waals surface area contributed by atoms with Crippen LogP contribution >= 0.6 is 0 Å². The monoisotopic (exact) mass is 262 g/mol. The second kappa shape index (κ2) is 4.51. The van der Waals surface area contributed by atoms with Gasteiger partial charge in [-0.05, 0) is 18.1 Å². The van der Waals surface area contributed by atoms with Gasteiger partial charge in [-0.2, -0.15) is 0 Å². The zero-order chi connectivity index (χ0) is 13.5. The van der Waals surface area contributed by atoms with Crippen LogP contribution in [0.5, 0.6) is 5.75 Å². The predicted octanol–water partition coefficient (Wildman–Crippen LogP) is 0.478. The Morgan fingerprint density at radius 3 is 3.00 bits per heavy atom. The molecule has 0 saturated carbocycles. The highest BCUT2D eigenvalue weighted by atomic mass is 16.5. The third kappa shape index (κ3) is 2.31. The number of para-hydroxylation sites is 1. The van der Waals surface area contributed by atoms with Gasteiger partial charge < -0.3 is 15.6 Å². The van der Waals surface area contributed by atoms with Crippen molar-refractivity contribution in [1.82, 2.24) is 4.90 Å². The Balaban J connectivity index is 1.59. The Kier molecular flexibility index (Phi) is 2.95. The smallest absolute Gasteiger partial charge is 0.325 e. The maximum atomic E-state index is 11.1. The number of aliphatic carboxylic acids is 1. The Labute approximate surface area is 112 Å². The Morgan fingerprint density at radius 1 is 1.53 bits per heavy atom. The van der Waals surface area contributed by atoms with Gasteiger partial charge in [-0.1, -0.05) is 18.2 Å². The predicted molar refractivity (Wildman–Crippen MR) is 70.2 cm³/mol. The molecule has 2 unspecified atom stereocenters. The first-order valence-electron chi connectivity index (χ1n) is 6.56. The molecule has 0 radical (unpaired) electrons. The fraction of sp³-hybridized carbons (Fsp3) is 0.500. The summed E-state index contributed by atoms with van der Waals surface area (Å²) in [5.74, 6) is 0.0366. The molecule has 0 amide bonds. The highest BCUT2D eigenvalue weighted by molar-refractivity contribution is 5.79. The molecule has 2 heterocycles. The zero-order valence-electron chi connectivity index (χ0n) is 10.7. The molecule has 2 atom stereocenters. The SMILES string of the molecule is NC1(C(=O)O)CCN(CC2Cc3ccccc3O2)C1. The van der Waals surface area contributed by atoms with E-state index in [-0.39, 0.29) is 6.10 Å². The normalized spacial score (nSPS) is 30.1. The zero-order valence-corrected chi connectivity index (χ0v) is 10.7. The highest BCUT2D eigenvalue weighted by Gasteiger charge is 2.42. The molecular formula is C14H18N2O3. The van der Waals surface area contributed by atoms with Crippen molar-refractivity contribution >= 4 is 5.97 Å². The molecule has 1 aromatic carbocycles. The Morgan fingerprint density at radius 2 is 2.32 bits per heavy atom. The van der Waals surface area contributed by atoms with E-state index in [9.17, 15) is 4.79 Å². The van der Waals surface area contributed by atoms with Gasteiger partial charge in [-0.15, -0.1) is 0 Å².